The van der Waals surface area contributed by atoms with Crippen molar-refractivity contribution < 1.29 is 29.6 Å². The summed E-state index contributed by atoms with van der Waals surface area (Å²) in [5.74, 6) is -2.26. The first-order valence-corrected chi connectivity index (χ1v) is 6.72. The number of aliphatic carboxylic acids is 1. The van der Waals surface area contributed by atoms with Crippen molar-refractivity contribution in [3.8, 4) is 21.9 Å². The van der Waals surface area contributed by atoms with Crippen LogP contribution in [0.3, 0.4) is 0 Å². The lowest BCUT2D eigenvalue weighted by molar-refractivity contribution is -0.139. The van der Waals surface area contributed by atoms with Gasteiger partial charge < -0.3 is 20.1 Å². The van der Waals surface area contributed by atoms with Crippen LogP contribution in [0.1, 0.15) is 15.2 Å². The lowest BCUT2D eigenvalue weighted by Crippen LogP contribution is -2.11. The van der Waals surface area contributed by atoms with Gasteiger partial charge in [0.2, 0.25) is 0 Å². The lowest BCUT2D eigenvalue weighted by atomic mass is 10.1. The summed E-state index contributed by atoms with van der Waals surface area (Å²) >= 11 is 0.979. The molecule has 110 valence electrons. The molecule has 0 bridgehead atoms. The largest absolute Gasteiger partial charge is 0.508 e. The number of phenols is 1. The van der Waals surface area contributed by atoms with E-state index < -0.39 is 18.5 Å². The number of carbonyl (C=O) groups is 2. The third kappa shape index (κ3) is 3.14. The molecule has 0 unspecified atom stereocenters. The molecule has 0 amide bonds. The minimum absolute atomic E-state index is 0.0493. The molecule has 0 spiro atoms. The Morgan fingerprint density at radius 2 is 2.00 bits per heavy atom. The van der Waals surface area contributed by atoms with E-state index in [0.717, 1.165) is 11.3 Å². The highest BCUT2D eigenvalue weighted by atomic mass is 32.1. The Balaban J connectivity index is 2.51. The maximum absolute atomic E-state index is 11.3. The Morgan fingerprint density at radius 1 is 1.29 bits per heavy atom. The van der Waals surface area contributed by atoms with Crippen LogP contribution in [0.5, 0.6) is 11.5 Å². The summed E-state index contributed by atoms with van der Waals surface area (Å²) in [5.41, 5.74) is 1.18. The average molecular weight is 308 g/mol. The number of ether oxygens (including phenoxy) is 1. The summed E-state index contributed by atoms with van der Waals surface area (Å²) in [6, 6.07) is 6.38. The van der Waals surface area contributed by atoms with Crippen molar-refractivity contribution >= 4 is 23.3 Å². The number of aromatic hydroxyl groups is 1. The molecular formula is C14H12O6S. The van der Waals surface area contributed by atoms with Crippen molar-refractivity contribution in [2.45, 2.75) is 6.92 Å². The van der Waals surface area contributed by atoms with Gasteiger partial charge in [0.1, 0.15) is 11.5 Å². The van der Waals surface area contributed by atoms with Crippen LogP contribution < -0.4 is 4.74 Å². The summed E-state index contributed by atoms with van der Waals surface area (Å²) < 4.78 is 5.09. The zero-order valence-electron chi connectivity index (χ0n) is 11.0. The molecule has 0 saturated carbocycles. The number of aromatic carboxylic acids is 1. The third-order valence-corrected chi connectivity index (χ3v) is 4.04. The van der Waals surface area contributed by atoms with Crippen LogP contribution in [-0.4, -0.2) is 33.9 Å². The number of rotatable bonds is 5. The predicted molar refractivity (Wildman–Crippen MR) is 76.2 cm³/mol. The van der Waals surface area contributed by atoms with E-state index >= 15 is 0 Å². The highest BCUT2D eigenvalue weighted by molar-refractivity contribution is 7.18. The number of hydrogen-bond donors (Lipinski definition) is 3. The minimum atomic E-state index is -1.19. The van der Waals surface area contributed by atoms with E-state index in [1.54, 1.807) is 19.1 Å². The molecule has 0 aliphatic heterocycles. The first-order valence-electron chi connectivity index (χ1n) is 5.91. The molecule has 3 N–H and O–H groups in total. The average Bonchev–Trinajstić information content (AvgIpc) is 2.73. The standard InChI is InChI=1S/C14H12O6S/c1-7-11(20-6-10(16)17)13(14(18)19)21-12(7)8-3-2-4-9(15)5-8/h2-5,15H,6H2,1H3,(H,16,17)(H,18,19). The SMILES string of the molecule is Cc1c(-c2cccc(O)c2)sc(C(=O)O)c1OCC(=O)O. The van der Waals surface area contributed by atoms with Gasteiger partial charge in [0.05, 0.1) is 0 Å². The van der Waals surface area contributed by atoms with E-state index in [0.29, 0.717) is 16.0 Å². The fraction of sp³-hybridized carbons (Fsp3) is 0.143. The Labute approximate surface area is 123 Å². The molecular weight excluding hydrogens is 296 g/mol. The van der Waals surface area contributed by atoms with Crippen LogP contribution in [-0.2, 0) is 4.79 Å². The number of benzene rings is 1. The van der Waals surface area contributed by atoms with Crippen molar-refractivity contribution in [2.75, 3.05) is 6.61 Å². The van der Waals surface area contributed by atoms with Gasteiger partial charge in [-0.15, -0.1) is 11.3 Å². The van der Waals surface area contributed by atoms with E-state index in [4.69, 9.17) is 9.84 Å². The molecule has 2 rings (SSSR count). The van der Waals surface area contributed by atoms with Crippen molar-refractivity contribution in [3.63, 3.8) is 0 Å². The Bertz CT molecular complexity index is 703. The first-order chi connectivity index (χ1) is 9.90. The summed E-state index contributed by atoms with van der Waals surface area (Å²) in [5, 5.41) is 27.4. The van der Waals surface area contributed by atoms with Gasteiger partial charge in [0.15, 0.2) is 11.5 Å². The predicted octanol–water partition coefficient (Wildman–Crippen LogP) is 2.59. The second kappa shape index (κ2) is 5.84. The van der Waals surface area contributed by atoms with Crippen LogP contribution in [0, 0.1) is 6.92 Å². The van der Waals surface area contributed by atoms with E-state index in [1.807, 2.05) is 0 Å². The van der Waals surface area contributed by atoms with Gasteiger partial charge in [0, 0.05) is 10.4 Å². The quantitative estimate of drug-likeness (QED) is 0.784. The van der Waals surface area contributed by atoms with E-state index in [-0.39, 0.29) is 16.4 Å². The summed E-state index contributed by atoms with van der Waals surface area (Å²) in [7, 11) is 0. The van der Waals surface area contributed by atoms with Crippen LogP contribution >= 0.6 is 11.3 Å². The Hall–Kier alpha value is -2.54. The van der Waals surface area contributed by atoms with Gasteiger partial charge in [-0.25, -0.2) is 9.59 Å². The number of hydrogen-bond acceptors (Lipinski definition) is 5. The fourth-order valence-electron chi connectivity index (χ4n) is 1.87. The second-order valence-corrected chi connectivity index (χ2v) is 5.27. The summed E-state index contributed by atoms with van der Waals surface area (Å²) in [6.45, 7) is 1.04. The van der Waals surface area contributed by atoms with Crippen molar-refractivity contribution in [2.24, 2.45) is 0 Å². The smallest absolute Gasteiger partial charge is 0.349 e. The molecule has 0 fully saturated rings. The fourth-order valence-corrected chi connectivity index (χ4v) is 2.96. The molecule has 1 heterocycles. The van der Waals surface area contributed by atoms with Crippen LogP contribution in [0.15, 0.2) is 24.3 Å². The molecule has 0 atom stereocenters. The van der Waals surface area contributed by atoms with Gasteiger partial charge in [-0.3, -0.25) is 0 Å². The topological polar surface area (TPSA) is 104 Å². The molecule has 1 aromatic heterocycles. The number of thiophene rings is 1. The maximum atomic E-state index is 11.3. The number of carboxylic acids is 2. The third-order valence-electron chi connectivity index (χ3n) is 2.73. The zero-order chi connectivity index (χ0) is 15.6. The normalized spacial score (nSPS) is 10.3. The van der Waals surface area contributed by atoms with Gasteiger partial charge >= 0.3 is 11.9 Å². The highest BCUT2D eigenvalue weighted by Gasteiger charge is 2.23. The second-order valence-electron chi connectivity index (χ2n) is 4.25. The molecule has 1 aromatic carbocycles. The molecule has 21 heavy (non-hydrogen) atoms. The van der Waals surface area contributed by atoms with E-state index in [1.165, 1.54) is 12.1 Å². The minimum Gasteiger partial charge on any atom is -0.508 e. The molecule has 2 aromatic rings. The van der Waals surface area contributed by atoms with Gasteiger partial charge in [0.25, 0.3) is 0 Å². The van der Waals surface area contributed by atoms with Gasteiger partial charge in [-0.1, -0.05) is 12.1 Å². The molecule has 0 radical (unpaired) electrons. The molecule has 7 heteroatoms. The van der Waals surface area contributed by atoms with Gasteiger partial charge in [-0.05, 0) is 24.6 Å². The van der Waals surface area contributed by atoms with Gasteiger partial charge in [-0.2, -0.15) is 0 Å². The van der Waals surface area contributed by atoms with Crippen LogP contribution in [0.4, 0.5) is 0 Å². The lowest BCUT2D eigenvalue weighted by Gasteiger charge is -2.05. The van der Waals surface area contributed by atoms with Crippen molar-refractivity contribution in [1.82, 2.24) is 0 Å². The monoisotopic (exact) mass is 308 g/mol. The van der Waals surface area contributed by atoms with Crippen molar-refractivity contribution in [1.29, 1.82) is 0 Å². The number of carboxylic acid groups (broad SMARTS) is 2. The maximum Gasteiger partial charge on any atom is 0.349 e. The first kappa shape index (κ1) is 14.9. The van der Waals surface area contributed by atoms with Crippen LogP contribution in [0.2, 0.25) is 0 Å². The van der Waals surface area contributed by atoms with E-state index in [9.17, 15) is 19.8 Å². The zero-order valence-corrected chi connectivity index (χ0v) is 11.8. The molecule has 6 nitrogen and oxygen atoms in total. The Morgan fingerprint density at radius 3 is 2.57 bits per heavy atom. The van der Waals surface area contributed by atoms with Crippen molar-refractivity contribution in [3.05, 3.63) is 34.7 Å². The Kier molecular flexibility index (Phi) is 4.13. The van der Waals surface area contributed by atoms with Crippen LogP contribution in [0.25, 0.3) is 10.4 Å². The molecule has 0 aliphatic carbocycles. The molecule has 0 saturated heterocycles. The summed E-state index contributed by atoms with van der Waals surface area (Å²) in [4.78, 5) is 22.4. The molecule has 0 aliphatic rings. The van der Waals surface area contributed by atoms with E-state index in [2.05, 4.69) is 0 Å². The highest BCUT2D eigenvalue weighted by Crippen LogP contribution is 2.41. The summed E-state index contributed by atoms with van der Waals surface area (Å²) in [6.07, 6.45) is 0. The number of phenolic OH excluding ortho intramolecular Hbond substituents is 1.